The van der Waals surface area contributed by atoms with E-state index >= 15 is 0 Å². The third kappa shape index (κ3) is 2.08. The maximum absolute atomic E-state index is 11.3. The second-order valence-electron chi connectivity index (χ2n) is 2.74. The van der Waals surface area contributed by atoms with Crippen LogP contribution in [0.1, 0.15) is 29.9 Å². The Morgan fingerprint density at radius 3 is 2.77 bits per heavy atom. The van der Waals surface area contributed by atoms with Crippen molar-refractivity contribution in [2.75, 3.05) is 6.61 Å². The number of hydrogen-bond acceptors (Lipinski definition) is 3. The Morgan fingerprint density at radius 1 is 1.62 bits per heavy atom. The van der Waals surface area contributed by atoms with Gasteiger partial charge in [-0.15, -0.1) is 0 Å². The van der Waals surface area contributed by atoms with Gasteiger partial charge in [0.15, 0.2) is 5.69 Å². The zero-order valence-corrected chi connectivity index (χ0v) is 8.20. The normalized spacial score (nSPS) is 10.1. The van der Waals surface area contributed by atoms with Crippen molar-refractivity contribution in [2.24, 2.45) is 0 Å². The minimum Gasteiger partial charge on any atom is -0.461 e. The molecule has 0 radical (unpaired) electrons. The molecular formula is C9H14N2O2. The molecule has 0 N–H and O–H groups in total. The van der Waals surface area contributed by atoms with E-state index in [4.69, 9.17) is 4.74 Å². The number of carbonyl (C=O) groups is 1. The lowest BCUT2D eigenvalue weighted by Gasteiger charge is -1.97. The first-order valence-corrected chi connectivity index (χ1v) is 4.40. The molecule has 0 saturated heterocycles. The molecule has 0 aromatic carbocycles. The molecule has 0 unspecified atom stereocenters. The first-order chi connectivity index (χ1) is 6.19. The molecule has 13 heavy (non-hydrogen) atoms. The largest absolute Gasteiger partial charge is 0.461 e. The monoisotopic (exact) mass is 182 g/mol. The fourth-order valence-electron chi connectivity index (χ4n) is 1.08. The number of aryl methyl sites for hydroxylation is 2. The van der Waals surface area contributed by atoms with Crippen LogP contribution in [-0.4, -0.2) is 22.4 Å². The molecule has 0 fully saturated rings. The molecule has 0 amide bonds. The fraction of sp³-hybridized carbons (Fsp3) is 0.556. The van der Waals surface area contributed by atoms with Crippen LogP contribution in [-0.2, 0) is 11.3 Å². The number of rotatable bonds is 3. The first-order valence-electron chi connectivity index (χ1n) is 4.40. The average Bonchev–Trinajstić information content (AvgIpc) is 2.47. The number of carbonyl (C=O) groups excluding carboxylic acids is 1. The van der Waals surface area contributed by atoms with E-state index in [-0.39, 0.29) is 5.97 Å². The summed E-state index contributed by atoms with van der Waals surface area (Å²) in [6.07, 6.45) is 1.84. The summed E-state index contributed by atoms with van der Waals surface area (Å²) in [5.41, 5.74) is 1.28. The van der Waals surface area contributed by atoms with Crippen LogP contribution >= 0.6 is 0 Å². The summed E-state index contributed by atoms with van der Waals surface area (Å²) in [6, 6.07) is 0. The highest BCUT2D eigenvalue weighted by Crippen LogP contribution is 2.06. The van der Waals surface area contributed by atoms with Crippen LogP contribution in [0.25, 0.3) is 0 Å². The second kappa shape index (κ2) is 4.07. The minimum absolute atomic E-state index is 0.341. The molecule has 1 heterocycles. The molecule has 0 atom stereocenters. The van der Waals surface area contributed by atoms with Crippen LogP contribution in [0.15, 0.2) is 6.20 Å². The van der Waals surface area contributed by atoms with Gasteiger partial charge in [-0.25, -0.2) is 4.79 Å². The van der Waals surface area contributed by atoms with E-state index in [2.05, 4.69) is 5.10 Å². The first kappa shape index (κ1) is 9.77. The van der Waals surface area contributed by atoms with Crippen LogP contribution in [0.2, 0.25) is 0 Å². The summed E-state index contributed by atoms with van der Waals surface area (Å²) >= 11 is 0. The van der Waals surface area contributed by atoms with Gasteiger partial charge in [0.05, 0.1) is 6.61 Å². The van der Waals surface area contributed by atoms with Crippen molar-refractivity contribution in [2.45, 2.75) is 27.3 Å². The van der Waals surface area contributed by atoms with Gasteiger partial charge in [0, 0.05) is 18.3 Å². The maximum Gasteiger partial charge on any atom is 0.359 e. The molecule has 4 nitrogen and oxygen atoms in total. The van der Waals surface area contributed by atoms with Gasteiger partial charge in [-0.3, -0.25) is 4.68 Å². The molecule has 1 rings (SSSR count). The van der Waals surface area contributed by atoms with E-state index in [1.165, 1.54) is 0 Å². The van der Waals surface area contributed by atoms with Gasteiger partial charge in [-0.05, 0) is 20.8 Å². The number of ether oxygens (including phenoxy) is 1. The van der Waals surface area contributed by atoms with E-state index in [1.54, 1.807) is 11.6 Å². The van der Waals surface area contributed by atoms with Gasteiger partial charge in [0.2, 0.25) is 0 Å². The van der Waals surface area contributed by atoms with Gasteiger partial charge in [0.25, 0.3) is 0 Å². The van der Waals surface area contributed by atoms with Gasteiger partial charge in [-0.1, -0.05) is 0 Å². The lowest BCUT2D eigenvalue weighted by molar-refractivity contribution is 0.0517. The number of esters is 1. The zero-order valence-electron chi connectivity index (χ0n) is 8.20. The third-order valence-corrected chi connectivity index (χ3v) is 1.74. The number of nitrogens with zero attached hydrogens (tertiary/aromatic N) is 2. The Balaban J connectivity index is 2.87. The number of hydrogen-bond donors (Lipinski definition) is 0. The molecule has 1 aromatic rings. The van der Waals surface area contributed by atoms with E-state index < -0.39 is 0 Å². The molecule has 1 aromatic heterocycles. The summed E-state index contributed by atoms with van der Waals surface area (Å²) in [6.45, 7) is 6.76. The molecule has 0 bridgehead atoms. The summed E-state index contributed by atoms with van der Waals surface area (Å²) in [5, 5.41) is 4.09. The topological polar surface area (TPSA) is 44.1 Å². The van der Waals surface area contributed by atoms with Crippen LogP contribution in [0.5, 0.6) is 0 Å². The number of aromatic nitrogens is 2. The molecule has 0 saturated carbocycles. The quantitative estimate of drug-likeness (QED) is 0.663. The van der Waals surface area contributed by atoms with Crippen LogP contribution in [0.3, 0.4) is 0 Å². The lowest BCUT2D eigenvalue weighted by atomic mass is 10.3. The van der Waals surface area contributed by atoms with Crippen molar-refractivity contribution in [3.63, 3.8) is 0 Å². The third-order valence-electron chi connectivity index (χ3n) is 1.74. The Kier molecular flexibility index (Phi) is 3.06. The van der Waals surface area contributed by atoms with Crippen LogP contribution in [0, 0.1) is 6.92 Å². The van der Waals surface area contributed by atoms with Crippen molar-refractivity contribution in [3.8, 4) is 0 Å². The molecule has 4 heteroatoms. The van der Waals surface area contributed by atoms with Crippen LogP contribution in [0.4, 0.5) is 0 Å². The Morgan fingerprint density at radius 2 is 2.31 bits per heavy atom. The summed E-state index contributed by atoms with van der Waals surface area (Å²) in [5.74, 6) is -0.341. The molecular weight excluding hydrogens is 168 g/mol. The van der Waals surface area contributed by atoms with Crippen molar-refractivity contribution in [1.82, 2.24) is 9.78 Å². The van der Waals surface area contributed by atoms with Gasteiger partial charge >= 0.3 is 5.97 Å². The molecule has 72 valence electrons. The lowest BCUT2D eigenvalue weighted by Crippen LogP contribution is -2.07. The Labute approximate surface area is 77.5 Å². The van der Waals surface area contributed by atoms with Gasteiger partial charge < -0.3 is 4.74 Å². The minimum atomic E-state index is -0.341. The highest BCUT2D eigenvalue weighted by atomic mass is 16.5. The van der Waals surface area contributed by atoms with Crippen molar-refractivity contribution in [3.05, 3.63) is 17.5 Å². The smallest absolute Gasteiger partial charge is 0.359 e. The highest BCUT2D eigenvalue weighted by molar-refractivity contribution is 5.88. The predicted octanol–water partition coefficient (Wildman–Crippen LogP) is 1.39. The van der Waals surface area contributed by atoms with E-state index in [1.807, 2.05) is 20.0 Å². The summed E-state index contributed by atoms with van der Waals surface area (Å²) in [7, 11) is 0. The Hall–Kier alpha value is -1.32. The standard InChI is InChI=1S/C9H14N2O2/c1-4-11-6-7(3)8(10-11)9(12)13-5-2/h6H,4-5H2,1-3H3. The summed E-state index contributed by atoms with van der Waals surface area (Å²) in [4.78, 5) is 11.3. The molecule has 0 aliphatic rings. The van der Waals surface area contributed by atoms with Crippen LogP contribution < -0.4 is 0 Å². The van der Waals surface area contributed by atoms with E-state index in [0.717, 1.165) is 12.1 Å². The SMILES string of the molecule is CCOC(=O)c1nn(CC)cc1C. The van der Waals surface area contributed by atoms with Crippen molar-refractivity contribution >= 4 is 5.97 Å². The van der Waals surface area contributed by atoms with Crippen molar-refractivity contribution < 1.29 is 9.53 Å². The molecule has 0 aliphatic carbocycles. The van der Waals surface area contributed by atoms with E-state index in [0.29, 0.717) is 12.3 Å². The second-order valence-corrected chi connectivity index (χ2v) is 2.74. The molecule has 0 spiro atoms. The fourth-order valence-corrected chi connectivity index (χ4v) is 1.08. The summed E-state index contributed by atoms with van der Waals surface area (Å²) < 4.78 is 6.58. The Bertz CT molecular complexity index is 305. The maximum atomic E-state index is 11.3. The van der Waals surface area contributed by atoms with Crippen molar-refractivity contribution in [1.29, 1.82) is 0 Å². The predicted molar refractivity (Wildman–Crippen MR) is 48.6 cm³/mol. The molecule has 0 aliphatic heterocycles. The van der Waals surface area contributed by atoms with Gasteiger partial charge in [0.1, 0.15) is 0 Å². The highest BCUT2D eigenvalue weighted by Gasteiger charge is 2.13. The zero-order chi connectivity index (χ0) is 9.84. The average molecular weight is 182 g/mol. The van der Waals surface area contributed by atoms with Gasteiger partial charge in [-0.2, -0.15) is 5.10 Å². The van der Waals surface area contributed by atoms with E-state index in [9.17, 15) is 4.79 Å².